The Morgan fingerprint density at radius 1 is 1.21 bits per heavy atom. The number of amides is 1. The summed E-state index contributed by atoms with van der Waals surface area (Å²) in [5, 5.41) is 2.89. The molecule has 1 heterocycles. The first kappa shape index (κ1) is 9.00. The van der Waals surface area contributed by atoms with E-state index in [4.69, 9.17) is 0 Å². The lowest BCUT2D eigenvalue weighted by Gasteiger charge is -2.32. The Balaban J connectivity index is 2.32. The minimum absolute atomic E-state index is 0.0684. The van der Waals surface area contributed by atoms with Gasteiger partial charge in [-0.05, 0) is 19.4 Å². The highest BCUT2D eigenvalue weighted by Gasteiger charge is 2.34. The average Bonchev–Trinajstić information content (AvgIpc) is 2.14. The molecule has 0 bridgehead atoms. The molecule has 1 aromatic carbocycles. The monoisotopic (exact) mass is 187 g/mol. The Kier molecular flexibility index (Phi) is 2.12. The highest BCUT2D eigenvalue weighted by atomic mass is 16.2. The lowest BCUT2D eigenvalue weighted by Crippen LogP contribution is -2.45. The number of carbonyl (C=O) groups excluding carboxylic acids is 1. The van der Waals surface area contributed by atoms with Crippen molar-refractivity contribution >= 4 is 5.91 Å². The SMILES string of the molecule is CC(C)=C1C(=O)NC1c1ccccc1. The van der Waals surface area contributed by atoms with E-state index < -0.39 is 0 Å². The number of β-lactam (4-membered cyclic amide) rings is 1. The average molecular weight is 187 g/mol. The van der Waals surface area contributed by atoms with Crippen molar-refractivity contribution in [3.63, 3.8) is 0 Å². The number of nitrogens with one attached hydrogen (secondary N) is 1. The molecule has 0 radical (unpaired) electrons. The molecule has 1 saturated heterocycles. The number of carbonyl (C=O) groups is 1. The summed E-state index contributed by atoms with van der Waals surface area (Å²) in [5.74, 6) is 0.0684. The molecule has 0 aliphatic carbocycles. The number of hydrogen-bond donors (Lipinski definition) is 1. The zero-order valence-corrected chi connectivity index (χ0v) is 8.37. The predicted octanol–water partition coefficient (Wildman–Crippen LogP) is 2.19. The minimum Gasteiger partial charge on any atom is -0.341 e. The molecule has 1 unspecified atom stereocenters. The third-order valence-electron chi connectivity index (χ3n) is 2.48. The van der Waals surface area contributed by atoms with Gasteiger partial charge >= 0.3 is 0 Å². The molecule has 2 nitrogen and oxygen atoms in total. The van der Waals surface area contributed by atoms with Crippen LogP contribution in [0, 0.1) is 0 Å². The van der Waals surface area contributed by atoms with Crippen molar-refractivity contribution in [1.29, 1.82) is 0 Å². The third-order valence-corrected chi connectivity index (χ3v) is 2.48. The highest BCUT2D eigenvalue weighted by Crippen LogP contribution is 2.31. The van der Waals surface area contributed by atoms with E-state index in [1.54, 1.807) is 0 Å². The Bertz CT molecular complexity index is 388. The maximum atomic E-state index is 11.3. The molecule has 72 valence electrons. The van der Waals surface area contributed by atoms with Crippen LogP contribution >= 0.6 is 0 Å². The Labute approximate surface area is 83.6 Å². The second-order valence-electron chi connectivity index (χ2n) is 3.73. The van der Waals surface area contributed by atoms with Crippen molar-refractivity contribution in [2.24, 2.45) is 0 Å². The van der Waals surface area contributed by atoms with E-state index in [0.29, 0.717) is 0 Å². The van der Waals surface area contributed by atoms with Crippen LogP contribution in [-0.4, -0.2) is 5.91 Å². The lowest BCUT2D eigenvalue weighted by atomic mass is 9.88. The summed E-state index contributed by atoms with van der Waals surface area (Å²) in [7, 11) is 0. The standard InChI is InChI=1S/C12H13NO/c1-8(2)10-11(13-12(10)14)9-6-4-3-5-7-9/h3-7,11H,1-2H3,(H,13,14). The fourth-order valence-electron chi connectivity index (χ4n) is 1.75. The van der Waals surface area contributed by atoms with Crippen LogP contribution in [0.1, 0.15) is 25.5 Å². The number of hydrogen-bond acceptors (Lipinski definition) is 1. The molecule has 1 aliphatic rings. The van der Waals surface area contributed by atoms with E-state index in [1.807, 2.05) is 44.2 Å². The van der Waals surface area contributed by atoms with E-state index in [1.165, 1.54) is 0 Å². The van der Waals surface area contributed by atoms with Gasteiger partial charge in [-0.2, -0.15) is 0 Å². The first-order valence-electron chi connectivity index (χ1n) is 4.73. The topological polar surface area (TPSA) is 29.1 Å². The van der Waals surface area contributed by atoms with Crippen LogP contribution in [0.15, 0.2) is 41.5 Å². The highest BCUT2D eigenvalue weighted by molar-refractivity contribution is 6.02. The fourth-order valence-corrected chi connectivity index (χ4v) is 1.75. The smallest absolute Gasteiger partial charge is 0.250 e. The van der Waals surface area contributed by atoms with E-state index in [0.717, 1.165) is 16.7 Å². The van der Waals surface area contributed by atoms with Gasteiger partial charge in [0.25, 0.3) is 0 Å². The molecule has 1 aromatic rings. The Morgan fingerprint density at radius 2 is 1.86 bits per heavy atom. The zero-order chi connectivity index (χ0) is 10.1. The molecule has 1 aliphatic heterocycles. The molecule has 0 saturated carbocycles. The van der Waals surface area contributed by atoms with Gasteiger partial charge in [0, 0.05) is 5.57 Å². The zero-order valence-electron chi connectivity index (χ0n) is 8.37. The van der Waals surface area contributed by atoms with Crippen molar-refractivity contribution in [2.75, 3.05) is 0 Å². The quantitative estimate of drug-likeness (QED) is 0.530. The molecule has 2 heteroatoms. The molecule has 14 heavy (non-hydrogen) atoms. The first-order valence-corrected chi connectivity index (χ1v) is 4.73. The minimum atomic E-state index is 0.0684. The molecular weight excluding hydrogens is 174 g/mol. The van der Waals surface area contributed by atoms with Gasteiger partial charge in [-0.25, -0.2) is 0 Å². The second-order valence-corrected chi connectivity index (χ2v) is 3.73. The van der Waals surface area contributed by atoms with E-state index in [2.05, 4.69) is 5.32 Å². The normalized spacial score (nSPS) is 20.0. The maximum absolute atomic E-state index is 11.3. The van der Waals surface area contributed by atoms with Crippen molar-refractivity contribution in [2.45, 2.75) is 19.9 Å². The van der Waals surface area contributed by atoms with Crippen LogP contribution in [0.4, 0.5) is 0 Å². The number of allylic oxidation sites excluding steroid dienone is 1. The molecule has 2 rings (SSSR count). The van der Waals surface area contributed by atoms with Crippen LogP contribution in [0.2, 0.25) is 0 Å². The van der Waals surface area contributed by atoms with E-state index >= 15 is 0 Å². The van der Waals surface area contributed by atoms with Crippen molar-refractivity contribution in [1.82, 2.24) is 5.32 Å². The molecule has 1 fully saturated rings. The summed E-state index contributed by atoms with van der Waals surface area (Å²) in [6.45, 7) is 3.95. The van der Waals surface area contributed by atoms with Crippen LogP contribution in [0.3, 0.4) is 0 Å². The van der Waals surface area contributed by atoms with E-state index in [-0.39, 0.29) is 11.9 Å². The van der Waals surface area contributed by atoms with Gasteiger partial charge in [-0.15, -0.1) is 0 Å². The number of rotatable bonds is 1. The third kappa shape index (κ3) is 1.33. The molecule has 1 N–H and O–H groups in total. The first-order chi connectivity index (χ1) is 6.70. The maximum Gasteiger partial charge on any atom is 0.250 e. The Hall–Kier alpha value is -1.57. The van der Waals surface area contributed by atoms with Gasteiger partial charge in [0.2, 0.25) is 5.91 Å². The van der Waals surface area contributed by atoms with Crippen LogP contribution in [-0.2, 0) is 4.79 Å². The molecule has 0 aromatic heterocycles. The van der Waals surface area contributed by atoms with Crippen molar-refractivity contribution in [3.8, 4) is 0 Å². The second kappa shape index (κ2) is 3.29. The summed E-state index contributed by atoms with van der Waals surface area (Å²) in [4.78, 5) is 11.3. The summed E-state index contributed by atoms with van der Waals surface area (Å²) in [5.41, 5.74) is 3.17. The largest absolute Gasteiger partial charge is 0.341 e. The van der Waals surface area contributed by atoms with E-state index in [9.17, 15) is 4.79 Å². The van der Waals surface area contributed by atoms with Gasteiger partial charge in [0.15, 0.2) is 0 Å². The Morgan fingerprint density at radius 3 is 2.36 bits per heavy atom. The summed E-state index contributed by atoms with van der Waals surface area (Å²) >= 11 is 0. The summed E-state index contributed by atoms with van der Waals surface area (Å²) in [6.07, 6.45) is 0. The van der Waals surface area contributed by atoms with Gasteiger partial charge < -0.3 is 5.32 Å². The van der Waals surface area contributed by atoms with Gasteiger partial charge in [0.05, 0.1) is 6.04 Å². The van der Waals surface area contributed by atoms with Crippen LogP contribution < -0.4 is 5.32 Å². The van der Waals surface area contributed by atoms with Crippen molar-refractivity contribution < 1.29 is 4.79 Å². The van der Waals surface area contributed by atoms with Crippen LogP contribution in [0.5, 0.6) is 0 Å². The van der Waals surface area contributed by atoms with Crippen LogP contribution in [0.25, 0.3) is 0 Å². The van der Waals surface area contributed by atoms with Gasteiger partial charge in [-0.1, -0.05) is 35.9 Å². The summed E-state index contributed by atoms with van der Waals surface area (Å²) < 4.78 is 0. The van der Waals surface area contributed by atoms with Gasteiger partial charge in [0.1, 0.15) is 0 Å². The molecule has 1 amide bonds. The molecular formula is C12H13NO. The summed E-state index contributed by atoms with van der Waals surface area (Å²) in [6, 6.07) is 10.1. The fraction of sp³-hybridized carbons (Fsp3) is 0.250. The lowest BCUT2D eigenvalue weighted by molar-refractivity contribution is -0.122. The van der Waals surface area contributed by atoms with Crippen molar-refractivity contribution in [3.05, 3.63) is 47.0 Å². The number of benzene rings is 1. The molecule has 1 atom stereocenters. The van der Waals surface area contributed by atoms with Gasteiger partial charge in [-0.3, -0.25) is 4.79 Å². The predicted molar refractivity (Wildman–Crippen MR) is 55.7 cm³/mol. The molecule has 0 spiro atoms.